The number of hydrogen-bond donors (Lipinski definition) is 0. The molecule has 0 saturated carbocycles. The van der Waals surface area contributed by atoms with Crippen LogP contribution in [0, 0.1) is 0 Å². The van der Waals surface area contributed by atoms with E-state index in [1.807, 2.05) is 24.6 Å². The molecule has 16 heavy (non-hydrogen) atoms. The molecule has 0 fully saturated rings. The molecule has 0 aliphatic rings. The molecule has 2 aromatic rings. The lowest BCUT2D eigenvalue weighted by molar-refractivity contribution is -0.121. The van der Waals surface area contributed by atoms with Crippen LogP contribution in [0.2, 0.25) is 0 Å². The molecule has 0 radical (unpaired) electrons. The third-order valence-electron chi connectivity index (χ3n) is 2.50. The van der Waals surface area contributed by atoms with Crippen LogP contribution in [-0.4, -0.2) is 15.8 Å². The molecule has 0 N–H and O–H groups in total. The number of ketones is 1. The van der Waals surface area contributed by atoms with E-state index in [2.05, 4.69) is 9.97 Å². The van der Waals surface area contributed by atoms with Crippen molar-refractivity contribution < 1.29 is 4.79 Å². The van der Waals surface area contributed by atoms with Gasteiger partial charge in [-0.2, -0.15) is 0 Å². The summed E-state index contributed by atoms with van der Waals surface area (Å²) in [6, 6.07) is 0. The van der Waals surface area contributed by atoms with Gasteiger partial charge in [-0.15, -0.1) is 22.7 Å². The van der Waals surface area contributed by atoms with Crippen LogP contribution in [0.4, 0.5) is 0 Å². The second-order valence-corrected chi connectivity index (χ2v) is 5.44. The summed E-state index contributed by atoms with van der Waals surface area (Å²) in [7, 11) is 0. The standard InChI is InChI=1S/C11H12N2OS2/c1-7(10-12-3-5-15-10)9(14)8(2)11-13-4-6-16-11/h3-8H,1-2H3. The maximum atomic E-state index is 12.2. The highest BCUT2D eigenvalue weighted by atomic mass is 32.1. The first-order valence-electron chi connectivity index (χ1n) is 5.02. The molecule has 0 aliphatic heterocycles. The van der Waals surface area contributed by atoms with E-state index in [9.17, 15) is 4.79 Å². The van der Waals surface area contributed by atoms with Crippen molar-refractivity contribution in [3.05, 3.63) is 33.2 Å². The van der Waals surface area contributed by atoms with Crippen molar-refractivity contribution in [3.63, 3.8) is 0 Å². The van der Waals surface area contributed by atoms with Gasteiger partial charge in [0.15, 0.2) is 5.78 Å². The third-order valence-corrected chi connectivity index (χ3v) is 4.41. The molecule has 84 valence electrons. The highest BCUT2D eigenvalue weighted by Crippen LogP contribution is 2.27. The summed E-state index contributed by atoms with van der Waals surface area (Å²) in [5, 5.41) is 5.56. The average Bonchev–Trinajstić information content (AvgIpc) is 2.97. The lowest BCUT2D eigenvalue weighted by atomic mass is 9.96. The minimum Gasteiger partial charge on any atom is -0.298 e. The van der Waals surface area contributed by atoms with Crippen molar-refractivity contribution in [2.24, 2.45) is 0 Å². The maximum Gasteiger partial charge on any atom is 0.152 e. The minimum absolute atomic E-state index is 0.140. The minimum atomic E-state index is -0.140. The number of nitrogens with zero attached hydrogens (tertiary/aromatic N) is 2. The number of carbonyl (C=O) groups excluding carboxylic acids is 1. The topological polar surface area (TPSA) is 42.9 Å². The molecule has 0 aliphatic carbocycles. The molecule has 0 saturated heterocycles. The van der Waals surface area contributed by atoms with Crippen LogP contribution in [-0.2, 0) is 4.79 Å². The van der Waals surface area contributed by atoms with Crippen molar-refractivity contribution in [1.29, 1.82) is 0 Å². The van der Waals surface area contributed by atoms with Gasteiger partial charge in [0.05, 0.1) is 11.8 Å². The Morgan fingerprint density at radius 1 is 1.06 bits per heavy atom. The first kappa shape index (κ1) is 11.4. The molecular weight excluding hydrogens is 240 g/mol. The molecule has 0 bridgehead atoms. The summed E-state index contributed by atoms with van der Waals surface area (Å²) in [5.41, 5.74) is 0. The van der Waals surface area contributed by atoms with Gasteiger partial charge in [0.25, 0.3) is 0 Å². The fraction of sp³-hybridized carbons (Fsp3) is 0.364. The highest BCUT2D eigenvalue weighted by molar-refractivity contribution is 7.10. The van der Waals surface area contributed by atoms with Crippen LogP contribution in [0.3, 0.4) is 0 Å². The molecular formula is C11H12N2OS2. The fourth-order valence-corrected chi connectivity index (χ4v) is 2.92. The van der Waals surface area contributed by atoms with E-state index >= 15 is 0 Å². The van der Waals surface area contributed by atoms with E-state index in [4.69, 9.17) is 0 Å². The summed E-state index contributed by atoms with van der Waals surface area (Å²) in [4.78, 5) is 20.5. The number of hydrogen-bond acceptors (Lipinski definition) is 5. The summed E-state index contributed by atoms with van der Waals surface area (Å²) in [6.07, 6.45) is 3.47. The molecule has 0 amide bonds. The third kappa shape index (κ3) is 2.20. The Kier molecular flexibility index (Phi) is 3.46. The molecule has 2 heterocycles. The normalized spacial score (nSPS) is 14.6. The lowest BCUT2D eigenvalue weighted by Gasteiger charge is -2.12. The highest BCUT2D eigenvalue weighted by Gasteiger charge is 2.25. The summed E-state index contributed by atoms with van der Waals surface area (Å²) < 4.78 is 0. The van der Waals surface area contributed by atoms with Gasteiger partial charge < -0.3 is 0 Å². The van der Waals surface area contributed by atoms with Gasteiger partial charge in [-0.1, -0.05) is 0 Å². The zero-order valence-corrected chi connectivity index (χ0v) is 10.7. The Morgan fingerprint density at radius 3 is 1.81 bits per heavy atom. The van der Waals surface area contributed by atoms with Crippen LogP contribution >= 0.6 is 22.7 Å². The van der Waals surface area contributed by atoms with E-state index in [0.29, 0.717) is 0 Å². The van der Waals surface area contributed by atoms with Gasteiger partial charge in [0.2, 0.25) is 0 Å². The number of aromatic nitrogens is 2. The molecule has 3 nitrogen and oxygen atoms in total. The molecule has 2 aromatic heterocycles. The molecule has 2 atom stereocenters. The van der Waals surface area contributed by atoms with Gasteiger partial charge in [-0.3, -0.25) is 4.79 Å². The maximum absolute atomic E-state index is 12.2. The van der Waals surface area contributed by atoms with Crippen LogP contribution in [0.5, 0.6) is 0 Å². The van der Waals surface area contributed by atoms with Crippen LogP contribution < -0.4 is 0 Å². The van der Waals surface area contributed by atoms with Gasteiger partial charge in [0.1, 0.15) is 10.0 Å². The monoisotopic (exact) mass is 252 g/mol. The van der Waals surface area contributed by atoms with E-state index in [0.717, 1.165) is 10.0 Å². The van der Waals surface area contributed by atoms with Gasteiger partial charge in [-0.25, -0.2) is 9.97 Å². The predicted octanol–water partition coefficient (Wildman–Crippen LogP) is 3.08. The SMILES string of the molecule is CC(C(=O)C(C)c1nccs1)c1nccs1. The van der Waals surface area contributed by atoms with Crippen LogP contribution in [0.25, 0.3) is 0 Å². The quantitative estimate of drug-likeness (QED) is 0.840. The fourth-order valence-electron chi connectivity index (χ4n) is 1.52. The number of thiazole rings is 2. The number of Topliss-reactive ketones (excluding diaryl/α,β-unsaturated/α-hetero) is 1. The van der Waals surface area contributed by atoms with Gasteiger partial charge >= 0.3 is 0 Å². The summed E-state index contributed by atoms with van der Waals surface area (Å²) in [5.74, 6) is -0.0947. The molecule has 2 rings (SSSR count). The molecule has 0 spiro atoms. The zero-order valence-electron chi connectivity index (χ0n) is 9.08. The number of rotatable bonds is 4. The Hall–Kier alpha value is -1.07. The van der Waals surface area contributed by atoms with Crippen molar-refractivity contribution in [2.75, 3.05) is 0 Å². The van der Waals surface area contributed by atoms with E-state index in [-0.39, 0.29) is 17.6 Å². The van der Waals surface area contributed by atoms with Gasteiger partial charge in [0, 0.05) is 23.2 Å². The smallest absolute Gasteiger partial charge is 0.152 e. The Bertz CT molecular complexity index is 408. The first-order valence-corrected chi connectivity index (χ1v) is 6.78. The van der Waals surface area contributed by atoms with Crippen molar-refractivity contribution in [2.45, 2.75) is 25.7 Å². The summed E-state index contributed by atoms with van der Waals surface area (Å²) in [6.45, 7) is 3.82. The Balaban J connectivity index is 2.14. The van der Waals surface area contributed by atoms with Crippen LogP contribution in [0.15, 0.2) is 23.2 Å². The van der Waals surface area contributed by atoms with E-state index < -0.39 is 0 Å². The molecule has 0 aromatic carbocycles. The van der Waals surface area contributed by atoms with E-state index in [1.54, 1.807) is 12.4 Å². The predicted molar refractivity (Wildman–Crippen MR) is 66.1 cm³/mol. The largest absolute Gasteiger partial charge is 0.298 e. The van der Waals surface area contributed by atoms with Gasteiger partial charge in [-0.05, 0) is 13.8 Å². The van der Waals surface area contributed by atoms with Crippen molar-refractivity contribution >= 4 is 28.5 Å². The van der Waals surface area contributed by atoms with Crippen molar-refractivity contribution in [1.82, 2.24) is 9.97 Å². The van der Waals surface area contributed by atoms with Crippen molar-refractivity contribution in [3.8, 4) is 0 Å². The molecule has 5 heteroatoms. The van der Waals surface area contributed by atoms with Crippen LogP contribution in [0.1, 0.15) is 35.7 Å². The summed E-state index contributed by atoms with van der Waals surface area (Å²) >= 11 is 3.05. The average molecular weight is 252 g/mol. The first-order chi connectivity index (χ1) is 7.70. The second kappa shape index (κ2) is 4.84. The Labute approximate surface area is 102 Å². The second-order valence-electron chi connectivity index (χ2n) is 3.59. The molecule has 2 unspecified atom stereocenters. The Morgan fingerprint density at radius 2 is 1.50 bits per heavy atom. The van der Waals surface area contributed by atoms with E-state index in [1.165, 1.54) is 22.7 Å². The lowest BCUT2D eigenvalue weighted by Crippen LogP contribution is -2.16. The number of carbonyl (C=O) groups is 1. The zero-order chi connectivity index (χ0) is 11.5.